The van der Waals surface area contributed by atoms with Gasteiger partial charge in [0.2, 0.25) is 0 Å². The average Bonchev–Trinajstić information content (AvgIpc) is 2.44. The highest BCUT2D eigenvalue weighted by Gasteiger charge is 2.06. The van der Waals surface area contributed by atoms with Crippen LogP contribution in [0, 0.1) is 0 Å². The second-order valence-corrected chi connectivity index (χ2v) is 5.83. The Morgan fingerprint density at radius 3 is 1.95 bits per heavy atom. The first-order valence-corrected chi connectivity index (χ1v) is 7.39. The fourth-order valence-electron chi connectivity index (χ4n) is 1.42. The third-order valence-electron chi connectivity index (χ3n) is 2.49. The highest BCUT2D eigenvalue weighted by atomic mass is 79.9. The van der Waals surface area contributed by atoms with E-state index in [0.717, 1.165) is 10.0 Å². The molecule has 0 saturated heterocycles. The molecule has 2 rings (SSSR count). The summed E-state index contributed by atoms with van der Waals surface area (Å²) in [5.74, 6) is -0.477. The van der Waals surface area contributed by atoms with Crippen molar-refractivity contribution in [3.05, 3.63) is 56.5 Å². The van der Waals surface area contributed by atoms with Gasteiger partial charge in [-0.15, -0.1) is 0 Å². The Bertz CT molecular complexity index is 648. The molecule has 0 atom stereocenters. The van der Waals surface area contributed by atoms with Crippen molar-refractivity contribution in [3.63, 3.8) is 0 Å². The van der Waals surface area contributed by atoms with E-state index in [2.05, 4.69) is 31.9 Å². The standard InChI is InChI=1S/C7H6BrNO2.C7H8BrNO/c8-4-1-2-6(10)5(3-4)7(9)11;8-6-1-2-7(10)5(3-6)4-9/h1-3,10H,(H2,9,11);1-3,10H,4,9H2. The van der Waals surface area contributed by atoms with Gasteiger partial charge in [-0.25, -0.2) is 0 Å². The van der Waals surface area contributed by atoms with Crippen LogP contribution in [0.1, 0.15) is 15.9 Å². The van der Waals surface area contributed by atoms with Crippen LogP contribution < -0.4 is 11.5 Å². The van der Waals surface area contributed by atoms with Gasteiger partial charge in [0.05, 0.1) is 5.56 Å². The Morgan fingerprint density at radius 2 is 1.52 bits per heavy atom. The lowest BCUT2D eigenvalue weighted by Gasteiger charge is -1.99. The van der Waals surface area contributed by atoms with Gasteiger partial charge in [0.1, 0.15) is 11.5 Å². The highest BCUT2D eigenvalue weighted by molar-refractivity contribution is 9.10. The number of aromatic hydroxyl groups is 2. The van der Waals surface area contributed by atoms with Gasteiger partial charge in [-0.05, 0) is 36.4 Å². The number of nitrogens with two attached hydrogens (primary N) is 2. The van der Waals surface area contributed by atoms with Crippen molar-refractivity contribution in [1.29, 1.82) is 0 Å². The molecular weight excluding hydrogens is 404 g/mol. The number of hydrogen-bond acceptors (Lipinski definition) is 4. The van der Waals surface area contributed by atoms with E-state index in [9.17, 15) is 4.79 Å². The largest absolute Gasteiger partial charge is 0.508 e. The number of phenolic OH excluding ortho intramolecular Hbond substituents is 1. The van der Waals surface area contributed by atoms with Crippen LogP contribution in [-0.2, 0) is 6.54 Å². The smallest absolute Gasteiger partial charge is 0.252 e. The first-order chi connectivity index (χ1) is 9.85. The number of primary amides is 1. The summed E-state index contributed by atoms with van der Waals surface area (Å²) in [7, 11) is 0. The highest BCUT2D eigenvalue weighted by Crippen LogP contribution is 2.21. The van der Waals surface area contributed by atoms with Gasteiger partial charge >= 0.3 is 0 Å². The maximum atomic E-state index is 10.6. The Hall–Kier alpha value is -1.57. The molecule has 5 nitrogen and oxygen atoms in total. The second-order valence-electron chi connectivity index (χ2n) is 4.00. The number of phenols is 2. The molecule has 21 heavy (non-hydrogen) atoms. The molecule has 0 fully saturated rings. The van der Waals surface area contributed by atoms with E-state index in [1.807, 2.05) is 0 Å². The minimum absolute atomic E-state index is 0.0966. The molecule has 6 N–H and O–H groups in total. The number of halogens is 2. The van der Waals surface area contributed by atoms with E-state index in [0.29, 0.717) is 11.0 Å². The minimum Gasteiger partial charge on any atom is -0.508 e. The van der Waals surface area contributed by atoms with Gasteiger partial charge in [-0.2, -0.15) is 0 Å². The third kappa shape index (κ3) is 5.37. The predicted octanol–water partition coefficient (Wildman–Crippen LogP) is 2.87. The number of benzene rings is 2. The Morgan fingerprint density at radius 1 is 1.00 bits per heavy atom. The minimum atomic E-state index is -0.635. The van der Waals surface area contributed by atoms with Crippen molar-refractivity contribution in [2.24, 2.45) is 11.5 Å². The monoisotopic (exact) mass is 416 g/mol. The zero-order valence-corrected chi connectivity index (χ0v) is 14.1. The van der Waals surface area contributed by atoms with Crippen molar-refractivity contribution in [2.75, 3.05) is 0 Å². The van der Waals surface area contributed by atoms with Crippen LogP contribution in [-0.4, -0.2) is 16.1 Å². The molecule has 0 aliphatic rings. The average molecular weight is 418 g/mol. The summed E-state index contributed by atoms with van der Waals surface area (Å²) in [6.07, 6.45) is 0. The Balaban J connectivity index is 0.000000211. The molecule has 0 bridgehead atoms. The van der Waals surface area contributed by atoms with E-state index in [1.165, 1.54) is 12.1 Å². The number of carbonyl (C=O) groups excluding carboxylic acids is 1. The molecule has 0 heterocycles. The quantitative estimate of drug-likeness (QED) is 0.602. The second kappa shape index (κ2) is 8.02. The molecular formula is C14H14Br2N2O3. The Kier molecular flexibility index (Phi) is 6.67. The van der Waals surface area contributed by atoms with Crippen molar-refractivity contribution < 1.29 is 15.0 Å². The van der Waals surface area contributed by atoms with Gasteiger partial charge in [-0.3, -0.25) is 4.79 Å². The van der Waals surface area contributed by atoms with Crippen LogP contribution in [0.2, 0.25) is 0 Å². The fourth-order valence-corrected chi connectivity index (χ4v) is 2.19. The molecule has 0 spiro atoms. The fraction of sp³-hybridized carbons (Fsp3) is 0.0714. The first-order valence-electron chi connectivity index (χ1n) is 5.81. The van der Waals surface area contributed by atoms with Crippen LogP contribution in [0.25, 0.3) is 0 Å². The summed E-state index contributed by atoms with van der Waals surface area (Å²) in [6.45, 7) is 0.366. The van der Waals surface area contributed by atoms with Crippen molar-refractivity contribution in [1.82, 2.24) is 0 Å². The van der Waals surface area contributed by atoms with E-state index in [1.54, 1.807) is 24.3 Å². The lowest BCUT2D eigenvalue weighted by Crippen LogP contribution is -2.10. The van der Waals surface area contributed by atoms with Crippen molar-refractivity contribution in [2.45, 2.75) is 6.54 Å². The number of hydrogen-bond donors (Lipinski definition) is 4. The summed E-state index contributed by atoms with van der Waals surface area (Å²) in [6, 6.07) is 9.69. The normalized spacial score (nSPS) is 9.67. The summed E-state index contributed by atoms with van der Waals surface area (Å²) < 4.78 is 1.65. The van der Waals surface area contributed by atoms with Crippen molar-refractivity contribution >= 4 is 37.8 Å². The topological polar surface area (TPSA) is 110 Å². The zero-order chi connectivity index (χ0) is 16.0. The predicted molar refractivity (Wildman–Crippen MR) is 88.0 cm³/mol. The maximum Gasteiger partial charge on any atom is 0.252 e. The van der Waals surface area contributed by atoms with E-state index >= 15 is 0 Å². The van der Waals surface area contributed by atoms with E-state index < -0.39 is 5.91 Å². The van der Waals surface area contributed by atoms with Crippen molar-refractivity contribution in [3.8, 4) is 11.5 Å². The van der Waals surface area contributed by atoms with E-state index in [-0.39, 0.29) is 17.1 Å². The summed E-state index contributed by atoms with van der Waals surface area (Å²) in [5, 5.41) is 18.2. The number of amides is 1. The zero-order valence-electron chi connectivity index (χ0n) is 10.9. The molecule has 1 amide bonds. The molecule has 0 aromatic heterocycles. The molecule has 0 saturated carbocycles. The SMILES string of the molecule is NC(=O)c1cc(Br)ccc1O.NCc1cc(Br)ccc1O. The third-order valence-corrected chi connectivity index (χ3v) is 3.47. The molecule has 2 aromatic rings. The van der Waals surface area contributed by atoms with E-state index in [4.69, 9.17) is 21.7 Å². The summed E-state index contributed by atoms with van der Waals surface area (Å²) in [4.78, 5) is 10.6. The van der Waals surface area contributed by atoms with Gasteiger partial charge in [0, 0.05) is 21.1 Å². The molecule has 0 aliphatic heterocycles. The Labute approximate surface area is 138 Å². The van der Waals surface area contributed by atoms with Crippen LogP contribution >= 0.6 is 31.9 Å². The number of carbonyl (C=O) groups is 1. The molecule has 0 aliphatic carbocycles. The summed E-state index contributed by atoms with van der Waals surface area (Å²) in [5.41, 5.74) is 11.2. The first kappa shape index (κ1) is 17.5. The number of rotatable bonds is 2. The molecule has 2 aromatic carbocycles. The molecule has 7 heteroatoms. The van der Waals surface area contributed by atoms with Crippen LogP contribution in [0.15, 0.2) is 45.3 Å². The lowest BCUT2D eigenvalue weighted by atomic mass is 10.2. The van der Waals surface area contributed by atoms with Gasteiger partial charge in [0.25, 0.3) is 5.91 Å². The maximum absolute atomic E-state index is 10.6. The van der Waals surface area contributed by atoms with Crippen LogP contribution in [0.3, 0.4) is 0 Å². The molecule has 0 radical (unpaired) electrons. The molecule has 112 valence electrons. The van der Waals surface area contributed by atoms with Gasteiger partial charge in [0.15, 0.2) is 0 Å². The summed E-state index contributed by atoms with van der Waals surface area (Å²) >= 11 is 6.42. The van der Waals surface area contributed by atoms with Gasteiger partial charge < -0.3 is 21.7 Å². The molecule has 0 unspecified atom stereocenters. The van der Waals surface area contributed by atoms with Crippen LogP contribution in [0.4, 0.5) is 0 Å². The van der Waals surface area contributed by atoms with Crippen LogP contribution in [0.5, 0.6) is 11.5 Å². The lowest BCUT2D eigenvalue weighted by molar-refractivity contribution is 0.0997. The van der Waals surface area contributed by atoms with Gasteiger partial charge in [-0.1, -0.05) is 31.9 Å².